The van der Waals surface area contributed by atoms with Gasteiger partial charge in [-0.2, -0.15) is 0 Å². The van der Waals surface area contributed by atoms with Gasteiger partial charge < -0.3 is 15.7 Å². The molecule has 0 atom stereocenters. The first-order valence-electron chi connectivity index (χ1n) is 6.67. The van der Waals surface area contributed by atoms with Gasteiger partial charge in [0.25, 0.3) is 0 Å². The lowest BCUT2D eigenvalue weighted by Crippen LogP contribution is -2.36. The molecule has 0 aromatic heterocycles. The molecule has 2 aromatic carbocycles. The maximum absolute atomic E-state index is 11.7. The van der Waals surface area contributed by atoms with E-state index in [2.05, 4.69) is 10.6 Å². The fraction of sp³-hybridized carbons (Fsp3) is 0.125. The highest BCUT2D eigenvalue weighted by Crippen LogP contribution is 2.13. The molecule has 2 amide bonds. The average molecular weight is 319 g/mol. The Labute approximate surface area is 132 Å². The van der Waals surface area contributed by atoms with Gasteiger partial charge in [0.15, 0.2) is 0 Å². The summed E-state index contributed by atoms with van der Waals surface area (Å²) in [5.41, 5.74) is 1.37. The molecule has 114 valence electrons. The lowest BCUT2D eigenvalue weighted by atomic mass is 10.1. The van der Waals surface area contributed by atoms with E-state index in [0.29, 0.717) is 23.7 Å². The molecule has 0 saturated carbocycles. The topological polar surface area (TPSA) is 78.4 Å². The molecule has 0 unspecified atom stereocenters. The van der Waals surface area contributed by atoms with Crippen LogP contribution in [-0.4, -0.2) is 23.5 Å². The Morgan fingerprint density at radius 3 is 2.45 bits per heavy atom. The normalized spacial score (nSPS) is 10.0. The SMILES string of the molecule is O=C(NCCc1cccc(O)c1)C(=O)Nc1ccc(Cl)cc1. The maximum Gasteiger partial charge on any atom is 0.313 e. The summed E-state index contributed by atoms with van der Waals surface area (Å²) < 4.78 is 0. The van der Waals surface area contributed by atoms with Gasteiger partial charge in [-0.1, -0.05) is 23.7 Å². The van der Waals surface area contributed by atoms with Crippen molar-refractivity contribution in [3.63, 3.8) is 0 Å². The van der Waals surface area contributed by atoms with Gasteiger partial charge in [-0.05, 0) is 48.4 Å². The first kappa shape index (κ1) is 15.9. The Morgan fingerprint density at radius 2 is 1.77 bits per heavy atom. The number of phenolic OH excluding ortho intramolecular Hbond substituents is 1. The summed E-state index contributed by atoms with van der Waals surface area (Å²) in [6.07, 6.45) is 0.522. The van der Waals surface area contributed by atoms with Crippen LogP contribution in [0.5, 0.6) is 5.75 Å². The molecule has 0 radical (unpaired) electrons. The van der Waals surface area contributed by atoms with Crippen molar-refractivity contribution < 1.29 is 14.7 Å². The van der Waals surface area contributed by atoms with Crippen LogP contribution < -0.4 is 10.6 Å². The molecular formula is C16H15ClN2O3. The Kier molecular flexibility index (Phi) is 5.38. The third-order valence-electron chi connectivity index (χ3n) is 2.92. The van der Waals surface area contributed by atoms with E-state index in [4.69, 9.17) is 11.6 Å². The number of rotatable bonds is 4. The lowest BCUT2D eigenvalue weighted by molar-refractivity contribution is -0.136. The third-order valence-corrected chi connectivity index (χ3v) is 3.17. The molecule has 0 aliphatic rings. The summed E-state index contributed by atoms with van der Waals surface area (Å²) in [6, 6.07) is 13.2. The number of anilines is 1. The molecule has 0 aliphatic carbocycles. The molecule has 0 aliphatic heterocycles. The molecule has 0 spiro atoms. The third kappa shape index (κ3) is 4.79. The smallest absolute Gasteiger partial charge is 0.313 e. The fourth-order valence-corrected chi connectivity index (χ4v) is 1.96. The van der Waals surface area contributed by atoms with Crippen molar-refractivity contribution >= 4 is 29.1 Å². The molecule has 3 N–H and O–H groups in total. The van der Waals surface area contributed by atoms with E-state index in [0.717, 1.165) is 5.56 Å². The maximum atomic E-state index is 11.7. The molecule has 5 nitrogen and oxygen atoms in total. The van der Waals surface area contributed by atoms with Crippen molar-refractivity contribution in [1.29, 1.82) is 0 Å². The molecule has 0 bridgehead atoms. The Bertz CT molecular complexity index is 671. The molecule has 2 aromatic rings. The minimum Gasteiger partial charge on any atom is -0.508 e. The van der Waals surface area contributed by atoms with Crippen molar-refractivity contribution in [2.75, 3.05) is 11.9 Å². The average Bonchev–Trinajstić information content (AvgIpc) is 2.49. The second-order valence-corrected chi connectivity index (χ2v) is 5.07. The van der Waals surface area contributed by atoms with Crippen LogP contribution >= 0.6 is 11.6 Å². The summed E-state index contributed by atoms with van der Waals surface area (Å²) in [7, 11) is 0. The van der Waals surface area contributed by atoms with Gasteiger partial charge in [-0.15, -0.1) is 0 Å². The van der Waals surface area contributed by atoms with Gasteiger partial charge in [-0.25, -0.2) is 0 Å². The van der Waals surface area contributed by atoms with E-state index >= 15 is 0 Å². The number of carbonyl (C=O) groups is 2. The zero-order valence-corrected chi connectivity index (χ0v) is 12.4. The van der Waals surface area contributed by atoms with E-state index < -0.39 is 11.8 Å². The molecule has 0 saturated heterocycles. The van der Waals surface area contributed by atoms with Crippen molar-refractivity contribution in [2.24, 2.45) is 0 Å². The van der Waals surface area contributed by atoms with Gasteiger partial charge in [0.05, 0.1) is 0 Å². The number of halogens is 1. The van der Waals surface area contributed by atoms with E-state index in [1.807, 2.05) is 6.07 Å². The number of amides is 2. The number of carbonyl (C=O) groups excluding carboxylic acids is 2. The van der Waals surface area contributed by atoms with Crippen LogP contribution in [0, 0.1) is 0 Å². The fourth-order valence-electron chi connectivity index (χ4n) is 1.83. The van der Waals surface area contributed by atoms with Crippen LogP contribution in [0.3, 0.4) is 0 Å². The van der Waals surface area contributed by atoms with Crippen LogP contribution in [0.1, 0.15) is 5.56 Å². The van der Waals surface area contributed by atoms with Gasteiger partial charge in [0, 0.05) is 17.3 Å². The standard InChI is InChI=1S/C16H15ClN2O3/c17-12-4-6-13(7-5-12)19-16(22)15(21)18-9-8-11-2-1-3-14(20)10-11/h1-7,10,20H,8-9H2,(H,18,21)(H,19,22). The van der Waals surface area contributed by atoms with Crippen LogP contribution in [0.25, 0.3) is 0 Å². The Hall–Kier alpha value is -2.53. The van der Waals surface area contributed by atoms with Crippen LogP contribution in [0.4, 0.5) is 5.69 Å². The predicted molar refractivity (Wildman–Crippen MR) is 84.9 cm³/mol. The highest BCUT2D eigenvalue weighted by molar-refractivity contribution is 6.39. The van der Waals surface area contributed by atoms with Crippen LogP contribution in [0.2, 0.25) is 5.02 Å². The monoisotopic (exact) mass is 318 g/mol. The molecule has 22 heavy (non-hydrogen) atoms. The molecule has 2 rings (SSSR count). The number of nitrogens with one attached hydrogen (secondary N) is 2. The molecule has 0 heterocycles. The number of phenols is 1. The van der Waals surface area contributed by atoms with Gasteiger partial charge >= 0.3 is 11.8 Å². The Morgan fingerprint density at radius 1 is 1.05 bits per heavy atom. The van der Waals surface area contributed by atoms with Crippen molar-refractivity contribution in [1.82, 2.24) is 5.32 Å². The number of aromatic hydroxyl groups is 1. The zero-order valence-electron chi connectivity index (χ0n) is 11.7. The van der Waals surface area contributed by atoms with Gasteiger partial charge in [0.1, 0.15) is 5.75 Å². The number of benzene rings is 2. The van der Waals surface area contributed by atoms with Gasteiger partial charge in [-0.3, -0.25) is 9.59 Å². The predicted octanol–water partition coefficient (Wildman–Crippen LogP) is 2.34. The van der Waals surface area contributed by atoms with Crippen molar-refractivity contribution in [3.05, 3.63) is 59.1 Å². The van der Waals surface area contributed by atoms with Crippen LogP contribution in [-0.2, 0) is 16.0 Å². The van der Waals surface area contributed by atoms with E-state index in [1.54, 1.807) is 42.5 Å². The van der Waals surface area contributed by atoms with Crippen molar-refractivity contribution in [2.45, 2.75) is 6.42 Å². The minimum absolute atomic E-state index is 0.171. The summed E-state index contributed by atoms with van der Waals surface area (Å²) >= 11 is 5.74. The molecule has 6 heteroatoms. The number of hydrogen-bond donors (Lipinski definition) is 3. The second-order valence-electron chi connectivity index (χ2n) is 4.64. The Balaban J connectivity index is 1.79. The van der Waals surface area contributed by atoms with Crippen molar-refractivity contribution in [3.8, 4) is 5.75 Å². The number of hydrogen-bond acceptors (Lipinski definition) is 3. The first-order chi connectivity index (χ1) is 10.5. The largest absolute Gasteiger partial charge is 0.508 e. The summed E-state index contributed by atoms with van der Waals surface area (Å²) in [4.78, 5) is 23.4. The highest BCUT2D eigenvalue weighted by Gasteiger charge is 2.12. The summed E-state index contributed by atoms with van der Waals surface area (Å²) in [5.74, 6) is -1.28. The summed E-state index contributed by atoms with van der Waals surface area (Å²) in [6.45, 7) is 0.302. The zero-order chi connectivity index (χ0) is 15.9. The quantitative estimate of drug-likeness (QED) is 0.757. The molecule has 0 fully saturated rings. The van der Waals surface area contributed by atoms with Gasteiger partial charge in [0.2, 0.25) is 0 Å². The van der Waals surface area contributed by atoms with E-state index in [-0.39, 0.29) is 5.75 Å². The second kappa shape index (κ2) is 7.47. The summed E-state index contributed by atoms with van der Waals surface area (Å²) in [5, 5.41) is 14.9. The van der Waals surface area contributed by atoms with E-state index in [9.17, 15) is 14.7 Å². The lowest BCUT2D eigenvalue weighted by Gasteiger charge is -2.07. The minimum atomic E-state index is -0.738. The van der Waals surface area contributed by atoms with E-state index in [1.165, 1.54) is 0 Å². The first-order valence-corrected chi connectivity index (χ1v) is 7.05. The molecular weight excluding hydrogens is 304 g/mol. The van der Waals surface area contributed by atoms with Crippen LogP contribution in [0.15, 0.2) is 48.5 Å². The highest BCUT2D eigenvalue weighted by atomic mass is 35.5.